The Labute approximate surface area is 117 Å². The Balaban J connectivity index is 2.36. The van der Waals surface area contributed by atoms with E-state index >= 15 is 0 Å². The van der Waals surface area contributed by atoms with Crippen molar-refractivity contribution >= 4 is 47.3 Å². The van der Waals surface area contributed by atoms with Gasteiger partial charge >= 0.3 is 0 Å². The van der Waals surface area contributed by atoms with Crippen LogP contribution in [0.5, 0.6) is 0 Å². The van der Waals surface area contributed by atoms with Crippen LogP contribution in [-0.2, 0) is 9.59 Å². The first-order valence-corrected chi connectivity index (χ1v) is 5.97. The van der Waals surface area contributed by atoms with Gasteiger partial charge in [0.05, 0.1) is 11.5 Å². The number of nitrogens with two attached hydrogens (primary N) is 1. The van der Waals surface area contributed by atoms with Gasteiger partial charge in [-0.15, -0.1) is 0 Å². The summed E-state index contributed by atoms with van der Waals surface area (Å²) in [5.41, 5.74) is 5.10. The molecule has 0 bridgehead atoms. The van der Waals surface area contributed by atoms with Gasteiger partial charge in [0.15, 0.2) is 6.29 Å². The SMILES string of the molecule is NC(=O)C1CC(=O)N(c2nc(Cl)c(C=O)c(Cl)n2)C1. The molecule has 1 saturated heterocycles. The molecule has 1 aliphatic heterocycles. The van der Waals surface area contributed by atoms with Crippen LogP contribution in [0.15, 0.2) is 0 Å². The van der Waals surface area contributed by atoms with Gasteiger partial charge in [0.25, 0.3) is 0 Å². The molecular weight excluding hydrogens is 295 g/mol. The molecule has 1 atom stereocenters. The minimum Gasteiger partial charge on any atom is -0.369 e. The summed E-state index contributed by atoms with van der Waals surface area (Å²) < 4.78 is 0. The molecule has 2 rings (SSSR count). The van der Waals surface area contributed by atoms with Crippen molar-refractivity contribution < 1.29 is 14.4 Å². The first kappa shape index (κ1) is 13.7. The third kappa shape index (κ3) is 2.52. The highest BCUT2D eigenvalue weighted by molar-refractivity contribution is 6.37. The average Bonchev–Trinajstić information content (AvgIpc) is 2.71. The summed E-state index contributed by atoms with van der Waals surface area (Å²) in [7, 11) is 0. The number of hydrogen-bond donors (Lipinski definition) is 1. The normalized spacial score (nSPS) is 18.7. The lowest BCUT2D eigenvalue weighted by molar-refractivity contribution is -0.123. The quantitative estimate of drug-likeness (QED) is 0.644. The van der Waals surface area contributed by atoms with Gasteiger partial charge in [-0.25, -0.2) is 0 Å². The van der Waals surface area contributed by atoms with Crippen LogP contribution in [0.3, 0.4) is 0 Å². The smallest absolute Gasteiger partial charge is 0.235 e. The molecule has 1 unspecified atom stereocenters. The number of carbonyl (C=O) groups is 3. The predicted molar refractivity (Wildman–Crippen MR) is 67.1 cm³/mol. The highest BCUT2D eigenvalue weighted by Gasteiger charge is 2.35. The van der Waals surface area contributed by atoms with Gasteiger partial charge in [-0.2, -0.15) is 9.97 Å². The third-order valence-electron chi connectivity index (χ3n) is 2.73. The fraction of sp³-hybridized carbons (Fsp3) is 0.300. The van der Waals surface area contributed by atoms with Crippen molar-refractivity contribution in [3.63, 3.8) is 0 Å². The molecule has 0 saturated carbocycles. The largest absolute Gasteiger partial charge is 0.369 e. The molecule has 1 aliphatic rings. The minimum absolute atomic E-state index is 0.0106. The molecule has 1 aromatic rings. The van der Waals surface area contributed by atoms with E-state index in [-0.39, 0.29) is 40.7 Å². The van der Waals surface area contributed by atoms with E-state index in [9.17, 15) is 14.4 Å². The van der Waals surface area contributed by atoms with Crippen LogP contribution in [-0.4, -0.2) is 34.6 Å². The van der Waals surface area contributed by atoms with Crippen LogP contribution in [0.2, 0.25) is 10.3 Å². The van der Waals surface area contributed by atoms with Crippen molar-refractivity contribution in [2.45, 2.75) is 6.42 Å². The molecule has 2 heterocycles. The van der Waals surface area contributed by atoms with Crippen molar-refractivity contribution in [2.24, 2.45) is 11.7 Å². The molecule has 1 fully saturated rings. The molecule has 2 N–H and O–H groups in total. The first-order valence-electron chi connectivity index (χ1n) is 5.22. The number of aromatic nitrogens is 2. The number of aldehydes is 1. The molecular formula is C10H8Cl2N4O3. The predicted octanol–water partition coefficient (Wildman–Crippen LogP) is 0.434. The number of hydrogen-bond acceptors (Lipinski definition) is 5. The molecule has 0 aromatic carbocycles. The zero-order chi connectivity index (χ0) is 14.2. The lowest BCUT2D eigenvalue weighted by Crippen LogP contribution is -2.29. The number of amides is 2. The minimum atomic E-state index is -0.598. The van der Waals surface area contributed by atoms with Crippen LogP contribution >= 0.6 is 23.2 Å². The maximum absolute atomic E-state index is 11.7. The molecule has 0 spiro atoms. The van der Waals surface area contributed by atoms with Crippen LogP contribution < -0.4 is 10.6 Å². The van der Waals surface area contributed by atoms with Gasteiger partial charge in [-0.05, 0) is 0 Å². The van der Waals surface area contributed by atoms with Gasteiger partial charge in [0, 0.05) is 13.0 Å². The Morgan fingerprint density at radius 3 is 2.37 bits per heavy atom. The van der Waals surface area contributed by atoms with E-state index in [4.69, 9.17) is 28.9 Å². The molecule has 9 heteroatoms. The second kappa shape index (κ2) is 5.10. The van der Waals surface area contributed by atoms with Gasteiger partial charge in [0.2, 0.25) is 17.8 Å². The van der Waals surface area contributed by atoms with E-state index in [1.165, 1.54) is 4.90 Å². The number of carbonyl (C=O) groups excluding carboxylic acids is 3. The highest BCUT2D eigenvalue weighted by Crippen LogP contribution is 2.27. The first-order chi connectivity index (χ1) is 8.93. The standard InChI is InChI=1S/C10H8Cl2N4O3/c11-7-5(3-17)8(12)15-10(14-7)16-2-4(9(13)19)1-6(16)18/h3-4H,1-2H2,(H2,13,19). The summed E-state index contributed by atoms with van der Waals surface area (Å²) in [5.74, 6) is -1.57. The maximum atomic E-state index is 11.7. The summed E-state index contributed by atoms with van der Waals surface area (Å²) in [6, 6.07) is 0. The second-order valence-electron chi connectivity index (χ2n) is 3.94. The van der Waals surface area contributed by atoms with Gasteiger partial charge in [-0.3, -0.25) is 19.3 Å². The van der Waals surface area contributed by atoms with Crippen LogP contribution in [0.25, 0.3) is 0 Å². The van der Waals surface area contributed by atoms with Crippen LogP contribution in [0, 0.1) is 5.92 Å². The molecule has 1 aromatic heterocycles. The van der Waals surface area contributed by atoms with E-state index in [0.29, 0.717) is 6.29 Å². The number of rotatable bonds is 3. The summed E-state index contributed by atoms with van der Waals surface area (Å²) >= 11 is 11.5. The molecule has 7 nitrogen and oxygen atoms in total. The van der Waals surface area contributed by atoms with Crippen molar-refractivity contribution in [3.8, 4) is 0 Å². The Kier molecular flexibility index (Phi) is 3.68. The van der Waals surface area contributed by atoms with Crippen LogP contribution in [0.4, 0.5) is 5.95 Å². The van der Waals surface area contributed by atoms with Crippen molar-refractivity contribution in [2.75, 3.05) is 11.4 Å². The van der Waals surface area contributed by atoms with E-state index in [1.807, 2.05) is 0 Å². The van der Waals surface area contributed by atoms with Gasteiger partial charge in [-0.1, -0.05) is 23.2 Å². The third-order valence-corrected chi connectivity index (χ3v) is 3.30. The fourth-order valence-corrected chi connectivity index (χ4v) is 2.18. The number of halogens is 2. The summed E-state index contributed by atoms with van der Waals surface area (Å²) in [5, 5.41) is -0.305. The van der Waals surface area contributed by atoms with Gasteiger partial charge < -0.3 is 5.73 Å². The van der Waals surface area contributed by atoms with E-state index in [1.54, 1.807) is 0 Å². The van der Waals surface area contributed by atoms with Crippen LogP contribution in [0.1, 0.15) is 16.8 Å². The number of primary amides is 1. The Hall–Kier alpha value is -1.73. The van der Waals surface area contributed by atoms with E-state index < -0.39 is 11.8 Å². The van der Waals surface area contributed by atoms with E-state index in [2.05, 4.69) is 9.97 Å². The zero-order valence-corrected chi connectivity index (χ0v) is 11.0. The maximum Gasteiger partial charge on any atom is 0.235 e. The molecule has 100 valence electrons. The lowest BCUT2D eigenvalue weighted by Gasteiger charge is -2.14. The Morgan fingerprint density at radius 1 is 1.37 bits per heavy atom. The summed E-state index contributed by atoms with van der Waals surface area (Å²) in [6.07, 6.45) is 0.413. The highest BCUT2D eigenvalue weighted by atomic mass is 35.5. The molecule has 2 amide bonds. The Bertz CT molecular complexity index is 555. The Morgan fingerprint density at radius 2 is 1.95 bits per heavy atom. The molecule has 0 aliphatic carbocycles. The van der Waals surface area contributed by atoms with Gasteiger partial charge in [0.1, 0.15) is 10.3 Å². The zero-order valence-electron chi connectivity index (χ0n) is 9.47. The summed E-state index contributed by atoms with van der Waals surface area (Å²) in [6.45, 7) is 0.0707. The van der Waals surface area contributed by atoms with Crippen molar-refractivity contribution in [1.82, 2.24) is 9.97 Å². The summed E-state index contributed by atoms with van der Waals surface area (Å²) in [4.78, 5) is 42.3. The van der Waals surface area contributed by atoms with Crippen molar-refractivity contribution in [1.29, 1.82) is 0 Å². The van der Waals surface area contributed by atoms with E-state index in [0.717, 1.165) is 0 Å². The number of nitrogens with zero attached hydrogens (tertiary/aromatic N) is 3. The molecule has 19 heavy (non-hydrogen) atoms. The van der Waals surface area contributed by atoms with Crippen molar-refractivity contribution in [3.05, 3.63) is 15.9 Å². The lowest BCUT2D eigenvalue weighted by atomic mass is 10.1. The average molecular weight is 303 g/mol. The fourth-order valence-electron chi connectivity index (χ4n) is 1.72. The molecule has 0 radical (unpaired) electrons. The monoisotopic (exact) mass is 302 g/mol. The topological polar surface area (TPSA) is 106 Å². The number of anilines is 1. The second-order valence-corrected chi connectivity index (χ2v) is 4.66.